The highest BCUT2D eigenvalue weighted by atomic mass is 16.5. The summed E-state index contributed by atoms with van der Waals surface area (Å²) in [6.07, 6.45) is 0.294. The Balaban J connectivity index is 1.91. The van der Waals surface area contributed by atoms with Crippen LogP contribution in [0.25, 0.3) is 0 Å². The lowest BCUT2D eigenvalue weighted by Crippen LogP contribution is -2.24. The molecule has 0 aliphatic carbocycles. The monoisotopic (exact) mass is 397 g/mol. The Morgan fingerprint density at radius 1 is 1.10 bits per heavy atom. The molecule has 1 amide bonds. The Kier molecular flexibility index (Phi) is 6.62. The van der Waals surface area contributed by atoms with Gasteiger partial charge in [0.1, 0.15) is 11.7 Å². The fourth-order valence-electron chi connectivity index (χ4n) is 3.02. The largest absolute Gasteiger partial charge is 0.493 e. The molecule has 9 heteroatoms. The second-order valence-corrected chi connectivity index (χ2v) is 6.10. The SMILES string of the molecule is CCOc1ccccc1NC(=O)C(Cc1cccc(OC)c1OC)c1nn[nH]n1. The number of amides is 1. The lowest BCUT2D eigenvalue weighted by Gasteiger charge is -2.18. The predicted octanol–water partition coefficient (Wildman–Crippen LogP) is 2.58. The zero-order chi connectivity index (χ0) is 20.6. The molecule has 3 rings (SSSR count). The zero-order valence-corrected chi connectivity index (χ0v) is 16.5. The number of anilines is 1. The van der Waals surface area contributed by atoms with Crippen LogP contribution in [-0.4, -0.2) is 47.4 Å². The molecule has 3 aromatic rings. The zero-order valence-electron chi connectivity index (χ0n) is 16.5. The molecule has 0 spiro atoms. The number of para-hydroxylation sites is 3. The van der Waals surface area contributed by atoms with Crippen LogP contribution in [-0.2, 0) is 11.2 Å². The molecule has 0 bridgehead atoms. The third-order valence-corrected chi connectivity index (χ3v) is 4.34. The van der Waals surface area contributed by atoms with E-state index in [1.165, 1.54) is 0 Å². The number of hydrogen-bond donors (Lipinski definition) is 2. The van der Waals surface area contributed by atoms with Crippen molar-refractivity contribution in [3.05, 3.63) is 53.9 Å². The van der Waals surface area contributed by atoms with Crippen molar-refractivity contribution in [3.8, 4) is 17.2 Å². The van der Waals surface area contributed by atoms with Gasteiger partial charge in [0, 0.05) is 0 Å². The first-order valence-electron chi connectivity index (χ1n) is 9.13. The molecule has 2 N–H and O–H groups in total. The van der Waals surface area contributed by atoms with Crippen molar-refractivity contribution in [2.45, 2.75) is 19.3 Å². The normalized spacial score (nSPS) is 11.6. The summed E-state index contributed by atoms with van der Waals surface area (Å²) in [5.74, 6) is 1.02. The summed E-state index contributed by atoms with van der Waals surface area (Å²) in [5, 5.41) is 17.0. The number of carbonyl (C=O) groups is 1. The number of nitrogens with zero attached hydrogens (tertiary/aromatic N) is 3. The van der Waals surface area contributed by atoms with Crippen LogP contribution in [0.15, 0.2) is 42.5 Å². The molecular weight excluding hydrogens is 374 g/mol. The Morgan fingerprint density at radius 3 is 2.59 bits per heavy atom. The van der Waals surface area contributed by atoms with Crippen LogP contribution < -0.4 is 19.5 Å². The summed E-state index contributed by atoms with van der Waals surface area (Å²) in [6.45, 7) is 2.37. The van der Waals surface area contributed by atoms with Crippen LogP contribution >= 0.6 is 0 Å². The summed E-state index contributed by atoms with van der Waals surface area (Å²) in [4.78, 5) is 13.2. The van der Waals surface area contributed by atoms with Gasteiger partial charge < -0.3 is 19.5 Å². The minimum atomic E-state index is -0.704. The highest BCUT2D eigenvalue weighted by Crippen LogP contribution is 2.34. The summed E-state index contributed by atoms with van der Waals surface area (Å²) < 4.78 is 16.4. The molecule has 0 fully saturated rings. The van der Waals surface area contributed by atoms with Crippen LogP contribution in [0.5, 0.6) is 17.2 Å². The molecule has 152 valence electrons. The van der Waals surface area contributed by atoms with Gasteiger partial charge in [-0.1, -0.05) is 29.5 Å². The van der Waals surface area contributed by atoms with Crippen LogP contribution in [0, 0.1) is 0 Å². The minimum Gasteiger partial charge on any atom is -0.493 e. The molecule has 1 atom stereocenters. The minimum absolute atomic E-state index is 0.279. The van der Waals surface area contributed by atoms with E-state index >= 15 is 0 Å². The molecule has 0 saturated carbocycles. The van der Waals surface area contributed by atoms with Crippen molar-refractivity contribution in [1.29, 1.82) is 0 Å². The number of rotatable bonds is 9. The quantitative estimate of drug-likeness (QED) is 0.571. The molecule has 1 heterocycles. The topological polar surface area (TPSA) is 111 Å². The number of H-pyrrole nitrogens is 1. The molecule has 0 aliphatic heterocycles. The first-order chi connectivity index (χ1) is 14.2. The van der Waals surface area contributed by atoms with E-state index in [1.54, 1.807) is 32.4 Å². The number of ether oxygens (including phenoxy) is 3. The van der Waals surface area contributed by atoms with Gasteiger partial charge in [-0.15, -0.1) is 10.2 Å². The second kappa shape index (κ2) is 9.54. The molecule has 0 radical (unpaired) electrons. The van der Waals surface area contributed by atoms with Gasteiger partial charge in [0.05, 0.1) is 26.5 Å². The van der Waals surface area contributed by atoms with E-state index in [2.05, 4.69) is 25.9 Å². The van der Waals surface area contributed by atoms with Gasteiger partial charge in [-0.25, -0.2) is 0 Å². The van der Waals surface area contributed by atoms with E-state index in [4.69, 9.17) is 14.2 Å². The predicted molar refractivity (Wildman–Crippen MR) is 106 cm³/mol. The van der Waals surface area contributed by atoms with Gasteiger partial charge in [0.25, 0.3) is 0 Å². The van der Waals surface area contributed by atoms with Crippen molar-refractivity contribution in [3.63, 3.8) is 0 Å². The summed E-state index contributed by atoms with van der Waals surface area (Å²) in [6, 6.07) is 12.8. The number of benzene rings is 2. The lowest BCUT2D eigenvalue weighted by molar-refractivity contribution is -0.117. The number of tetrazole rings is 1. The highest BCUT2D eigenvalue weighted by Gasteiger charge is 2.28. The maximum absolute atomic E-state index is 13.2. The molecular formula is C20H23N5O4. The second-order valence-electron chi connectivity index (χ2n) is 6.10. The van der Waals surface area contributed by atoms with E-state index in [9.17, 15) is 4.79 Å². The molecule has 0 saturated heterocycles. The van der Waals surface area contributed by atoms with Crippen LogP contribution in [0.2, 0.25) is 0 Å². The van der Waals surface area contributed by atoms with Crippen LogP contribution in [0.3, 0.4) is 0 Å². The first kappa shape index (κ1) is 20.1. The number of carbonyl (C=O) groups excluding carboxylic acids is 1. The molecule has 1 aromatic heterocycles. The van der Waals surface area contributed by atoms with Crippen LogP contribution in [0.4, 0.5) is 5.69 Å². The number of nitrogens with one attached hydrogen (secondary N) is 2. The average Bonchev–Trinajstić information content (AvgIpc) is 3.27. The van der Waals surface area contributed by atoms with E-state index in [1.807, 2.05) is 31.2 Å². The first-order valence-corrected chi connectivity index (χ1v) is 9.13. The van der Waals surface area contributed by atoms with E-state index < -0.39 is 5.92 Å². The molecule has 0 aliphatic rings. The summed E-state index contributed by atoms with van der Waals surface area (Å²) in [5.41, 5.74) is 1.36. The maximum Gasteiger partial charge on any atom is 0.235 e. The van der Waals surface area contributed by atoms with Gasteiger partial charge in [0.15, 0.2) is 17.3 Å². The van der Waals surface area contributed by atoms with Gasteiger partial charge in [-0.05, 0) is 37.1 Å². The highest BCUT2D eigenvalue weighted by molar-refractivity contribution is 5.96. The fraction of sp³-hybridized carbons (Fsp3) is 0.300. The lowest BCUT2D eigenvalue weighted by atomic mass is 9.96. The summed E-state index contributed by atoms with van der Waals surface area (Å²) in [7, 11) is 3.12. The van der Waals surface area contributed by atoms with E-state index in [0.717, 1.165) is 5.56 Å². The third kappa shape index (κ3) is 4.63. The third-order valence-electron chi connectivity index (χ3n) is 4.34. The van der Waals surface area contributed by atoms with Crippen molar-refractivity contribution in [2.24, 2.45) is 0 Å². The Morgan fingerprint density at radius 2 is 1.90 bits per heavy atom. The van der Waals surface area contributed by atoms with Crippen molar-refractivity contribution >= 4 is 11.6 Å². The van der Waals surface area contributed by atoms with Crippen LogP contribution in [0.1, 0.15) is 24.2 Å². The maximum atomic E-state index is 13.2. The Bertz CT molecular complexity index is 946. The van der Waals surface area contributed by atoms with Gasteiger partial charge in [0.2, 0.25) is 5.91 Å². The summed E-state index contributed by atoms with van der Waals surface area (Å²) >= 11 is 0. The smallest absolute Gasteiger partial charge is 0.235 e. The van der Waals surface area contributed by atoms with Crippen molar-refractivity contribution in [1.82, 2.24) is 20.6 Å². The number of aromatic nitrogens is 4. The molecule has 9 nitrogen and oxygen atoms in total. The number of aromatic amines is 1. The van der Waals surface area contributed by atoms with Gasteiger partial charge in [-0.2, -0.15) is 5.21 Å². The average molecular weight is 397 g/mol. The van der Waals surface area contributed by atoms with Crippen molar-refractivity contribution in [2.75, 3.05) is 26.1 Å². The molecule has 1 unspecified atom stereocenters. The standard InChI is InChI=1S/C20H23N5O4/c1-4-29-16-10-6-5-9-15(16)21-20(26)14(19-22-24-25-23-19)12-13-8-7-11-17(27-2)18(13)28-3/h5-11,14H,4,12H2,1-3H3,(H,21,26)(H,22,23,24,25). The number of methoxy groups -OCH3 is 2. The molecule has 2 aromatic carbocycles. The fourth-order valence-corrected chi connectivity index (χ4v) is 3.02. The van der Waals surface area contributed by atoms with Gasteiger partial charge >= 0.3 is 0 Å². The van der Waals surface area contributed by atoms with Gasteiger partial charge in [-0.3, -0.25) is 4.79 Å². The Hall–Kier alpha value is -3.62. The van der Waals surface area contributed by atoms with E-state index in [-0.39, 0.29) is 11.7 Å². The molecule has 29 heavy (non-hydrogen) atoms. The Labute approximate surface area is 168 Å². The van der Waals surface area contributed by atoms with E-state index in [0.29, 0.717) is 36.0 Å². The number of hydrogen-bond acceptors (Lipinski definition) is 7. The van der Waals surface area contributed by atoms with Crippen molar-refractivity contribution < 1.29 is 19.0 Å².